The van der Waals surface area contributed by atoms with Gasteiger partial charge >= 0.3 is 24.1 Å². The summed E-state index contributed by atoms with van der Waals surface area (Å²) in [7, 11) is 0. The maximum absolute atomic E-state index is 12.9. The predicted octanol–water partition coefficient (Wildman–Crippen LogP) is 2.54. The lowest BCUT2D eigenvalue weighted by Crippen LogP contribution is -2.35. The minimum atomic E-state index is -4.85. The SMILES string of the molecule is CCOC(=O)CN(CC(=O)OCC)c1ccc(C=C2C(=O)ON=C2C(F)(F)F)s1. The van der Waals surface area contributed by atoms with Crippen molar-refractivity contribution in [2.75, 3.05) is 31.2 Å². The van der Waals surface area contributed by atoms with Gasteiger partial charge in [0.1, 0.15) is 13.1 Å². The molecule has 0 atom stereocenters. The minimum absolute atomic E-state index is 0.148. The molecule has 12 heteroatoms. The fourth-order valence-electron chi connectivity index (χ4n) is 2.28. The van der Waals surface area contributed by atoms with E-state index in [2.05, 4.69) is 9.99 Å². The molecular formula is C17H17F3N2O6S. The van der Waals surface area contributed by atoms with Crippen LogP contribution in [0.15, 0.2) is 22.9 Å². The second-order valence-electron chi connectivity index (χ2n) is 5.52. The number of carbonyl (C=O) groups is 3. The minimum Gasteiger partial charge on any atom is -0.465 e. The summed E-state index contributed by atoms with van der Waals surface area (Å²) in [6.07, 6.45) is -3.86. The molecule has 1 aromatic heterocycles. The van der Waals surface area contributed by atoms with Crippen LogP contribution in [0.5, 0.6) is 0 Å². The molecule has 1 aromatic rings. The van der Waals surface area contributed by atoms with Crippen LogP contribution in [0.4, 0.5) is 18.2 Å². The van der Waals surface area contributed by atoms with Gasteiger partial charge in [0.25, 0.3) is 0 Å². The first kappa shape index (κ1) is 22.4. The van der Waals surface area contributed by atoms with Gasteiger partial charge in [-0.05, 0) is 32.1 Å². The van der Waals surface area contributed by atoms with Gasteiger partial charge in [0.15, 0.2) is 5.71 Å². The van der Waals surface area contributed by atoms with E-state index in [-0.39, 0.29) is 31.2 Å². The van der Waals surface area contributed by atoms with Crippen LogP contribution in [-0.2, 0) is 28.7 Å². The van der Waals surface area contributed by atoms with Crippen molar-refractivity contribution in [3.63, 3.8) is 0 Å². The Labute approximate surface area is 167 Å². The largest absolute Gasteiger partial charge is 0.465 e. The molecule has 0 fully saturated rings. The van der Waals surface area contributed by atoms with E-state index in [1.54, 1.807) is 13.8 Å². The molecule has 29 heavy (non-hydrogen) atoms. The van der Waals surface area contributed by atoms with Crippen LogP contribution in [0.1, 0.15) is 18.7 Å². The number of anilines is 1. The molecule has 0 unspecified atom stereocenters. The summed E-state index contributed by atoms with van der Waals surface area (Å²) in [4.78, 5) is 41.0. The first-order valence-corrected chi connectivity index (χ1v) is 9.22. The van der Waals surface area contributed by atoms with Gasteiger partial charge in [-0.15, -0.1) is 11.3 Å². The van der Waals surface area contributed by atoms with Gasteiger partial charge in [-0.25, -0.2) is 4.79 Å². The molecule has 2 heterocycles. The maximum atomic E-state index is 12.9. The molecule has 0 saturated heterocycles. The third kappa shape index (κ3) is 6.04. The topological polar surface area (TPSA) is 94.5 Å². The quantitative estimate of drug-likeness (QED) is 0.353. The number of esters is 2. The molecule has 0 saturated carbocycles. The summed E-state index contributed by atoms with van der Waals surface area (Å²) < 4.78 is 48.6. The Hall–Kier alpha value is -2.89. The van der Waals surface area contributed by atoms with Crippen LogP contribution in [0.3, 0.4) is 0 Å². The van der Waals surface area contributed by atoms with Crippen LogP contribution in [0.2, 0.25) is 0 Å². The summed E-state index contributed by atoms with van der Waals surface area (Å²) in [6.45, 7) is 3.03. The van der Waals surface area contributed by atoms with Crippen molar-refractivity contribution >= 4 is 46.0 Å². The van der Waals surface area contributed by atoms with Gasteiger partial charge in [0.2, 0.25) is 0 Å². The molecule has 0 aromatic carbocycles. The number of rotatable bonds is 8. The van der Waals surface area contributed by atoms with E-state index in [0.717, 1.165) is 17.4 Å². The zero-order valence-electron chi connectivity index (χ0n) is 15.4. The highest BCUT2D eigenvalue weighted by Gasteiger charge is 2.45. The standard InChI is InChI=1S/C17H17F3N2O6S/c1-3-26-13(23)8-22(9-14(24)27-4-2)12-6-5-10(29-12)7-11-15(17(18,19)20)21-28-16(11)25/h5-7H,3-4,8-9H2,1-2H3. The smallest absolute Gasteiger partial charge is 0.437 e. The summed E-state index contributed by atoms with van der Waals surface area (Å²) in [5.41, 5.74) is -2.15. The third-order valence-electron chi connectivity index (χ3n) is 3.42. The van der Waals surface area contributed by atoms with Crippen molar-refractivity contribution in [1.29, 1.82) is 0 Å². The van der Waals surface area contributed by atoms with E-state index in [9.17, 15) is 27.6 Å². The number of hydrogen-bond acceptors (Lipinski definition) is 9. The monoisotopic (exact) mass is 434 g/mol. The van der Waals surface area contributed by atoms with Crippen LogP contribution in [-0.4, -0.2) is 56.1 Å². The Balaban J connectivity index is 2.27. The highest BCUT2D eigenvalue weighted by atomic mass is 32.1. The Bertz CT molecular complexity index is 826. The Morgan fingerprint density at radius 1 is 1.17 bits per heavy atom. The van der Waals surface area contributed by atoms with E-state index in [0.29, 0.717) is 5.00 Å². The van der Waals surface area contributed by atoms with E-state index in [1.165, 1.54) is 17.0 Å². The van der Waals surface area contributed by atoms with Gasteiger partial charge < -0.3 is 19.2 Å². The normalized spacial score (nSPS) is 15.1. The molecular weight excluding hydrogens is 417 g/mol. The Kier molecular flexibility index (Phi) is 7.37. The summed E-state index contributed by atoms with van der Waals surface area (Å²) in [5, 5.41) is 3.17. The number of alkyl halides is 3. The molecule has 8 nitrogen and oxygen atoms in total. The summed E-state index contributed by atoms with van der Waals surface area (Å²) in [5.74, 6) is -2.39. The number of carbonyl (C=O) groups excluding carboxylic acids is 3. The van der Waals surface area contributed by atoms with Crippen molar-refractivity contribution in [1.82, 2.24) is 0 Å². The van der Waals surface area contributed by atoms with Crippen LogP contribution in [0, 0.1) is 0 Å². The molecule has 0 spiro atoms. The average Bonchev–Trinajstić information content (AvgIpc) is 3.22. The molecule has 2 rings (SSSR count). The zero-order valence-corrected chi connectivity index (χ0v) is 16.3. The summed E-state index contributed by atoms with van der Waals surface area (Å²) >= 11 is 0.967. The molecule has 0 radical (unpaired) electrons. The second-order valence-corrected chi connectivity index (χ2v) is 6.61. The second kappa shape index (κ2) is 9.54. The van der Waals surface area contributed by atoms with Crippen molar-refractivity contribution in [3.8, 4) is 0 Å². The van der Waals surface area contributed by atoms with Crippen LogP contribution in [0.25, 0.3) is 6.08 Å². The average molecular weight is 434 g/mol. The first-order valence-electron chi connectivity index (χ1n) is 8.40. The molecule has 0 bridgehead atoms. The van der Waals surface area contributed by atoms with Crippen molar-refractivity contribution < 1.29 is 41.9 Å². The zero-order chi connectivity index (χ0) is 21.6. The Morgan fingerprint density at radius 2 is 1.76 bits per heavy atom. The number of oxime groups is 1. The van der Waals surface area contributed by atoms with Crippen molar-refractivity contribution in [2.45, 2.75) is 20.0 Å². The highest BCUT2D eigenvalue weighted by molar-refractivity contribution is 7.17. The van der Waals surface area contributed by atoms with Crippen LogP contribution >= 0.6 is 11.3 Å². The van der Waals surface area contributed by atoms with Gasteiger partial charge in [-0.2, -0.15) is 13.2 Å². The van der Waals surface area contributed by atoms with E-state index < -0.39 is 35.4 Å². The van der Waals surface area contributed by atoms with Gasteiger partial charge in [0, 0.05) is 4.88 Å². The number of thiophene rings is 1. The molecule has 158 valence electrons. The number of halogens is 3. The molecule has 0 amide bonds. The summed E-state index contributed by atoms with van der Waals surface area (Å²) in [6, 6.07) is 2.94. The fourth-order valence-corrected chi connectivity index (χ4v) is 3.23. The maximum Gasteiger partial charge on any atom is 0.437 e. The van der Waals surface area contributed by atoms with Gasteiger partial charge in [-0.3, -0.25) is 9.59 Å². The highest BCUT2D eigenvalue weighted by Crippen LogP contribution is 2.32. The van der Waals surface area contributed by atoms with Crippen molar-refractivity contribution in [3.05, 3.63) is 22.6 Å². The third-order valence-corrected chi connectivity index (χ3v) is 4.52. The van der Waals surface area contributed by atoms with E-state index in [1.807, 2.05) is 0 Å². The van der Waals surface area contributed by atoms with Gasteiger partial charge in [-0.1, -0.05) is 5.16 Å². The lowest BCUT2D eigenvalue weighted by atomic mass is 10.1. The predicted molar refractivity (Wildman–Crippen MR) is 97.4 cm³/mol. The van der Waals surface area contributed by atoms with Crippen molar-refractivity contribution in [2.24, 2.45) is 5.16 Å². The van der Waals surface area contributed by atoms with E-state index >= 15 is 0 Å². The molecule has 0 aliphatic carbocycles. The fraction of sp³-hybridized carbons (Fsp3) is 0.412. The van der Waals surface area contributed by atoms with E-state index in [4.69, 9.17) is 9.47 Å². The molecule has 0 N–H and O–H groups in total. The lowest BCUT2D eigenvalue weighted by Gasteiger charge is -2.20. The first-order chi connectivity index (χ1) is 13.7. The molecule has 1 aliphatic heterocycles. The van der Waals surface area contributed by atoms with Gasteiger partial charge in [0.05, 0.1) is 23.8 Å². The number of nitrogens with zero attached hydrogens (tertiary/aromatic N) is 2. The number of hydrogen-bond donors (Lipinski definition) is 0. The lowest BCUT2D eigenvalue weighted by molar-refractivity contribution is -0.142. The van der Waals surface area contributed by atoms with Crippen LogP contribution < -0.4 is 4.90 Å². The number of ether oxygens (including phenoxy) is 2. The Morgan fingerprint density at radius 3 is 2.28 bits per heavy atom. The molecule has 1 aliphatic rings.